The summed E-state index contributed by atoms with van der Waals surface area (Å²) < 4.78 is 7.30. The van der Waals surface area contributed by atoms with Crippen molar-refractivity contribution < 1.29 is 9.53 Å². The zero-order valence-corrected chi connectivity index (χ0v) is 15.6. The molecule has 4 rings (SSSR count). The average molecular weight is 365 g/mol. The molecule has 7 heteroatoms. The Morgan fingerprint density at radius 1 is 1.22 bits per heavy atom. The number of carbonyl (C=O) groups excluding carboxylic acids is 1. The normalized spacial score (nSPS) is 19.9. The third-order valence-electron chi connectivity index (χ3n) is 5.28. The molecule has 0 aromatic carbocycles. The number of amides is 1. The number of hydrogen-bond donors (Lipinski definition) is 1. The SMILES string of the molecule is COC1CCC(C(=O)Nc2cc3nc(-c4cncn4C)ccc3cn2)CC1. The molecular weight excluding hydrogens is 342 g/mol. The molecule has 1 aliphatic rings. The summed E-state index contributed by atoms with van der Waals surface area (Å²) in [6.45, 7) is 0. The van der Waals surface area contributed by atoms with Gasteiger partial charge in [0.2, 0.25) is 5.91 Å². The van der Waals surface area contributed by atoms with E-state index in [1.54, 1.807) is 25.8 Å². The minimum atomic E-state index is 0.0163. The fourth-order valence-electron chi connectivity index (χ4n) is 3.62. The van der Waals surface area contributed by atoms with Crippen LogP contribution in [0.1, 0.15) is 25.7 Å². The predicted molar refractivity (Wildman–Crippen MR) is 103 cm³/mol. The van der Waals surface area contributed by atoms with Crippen LogP contribution in [-0.2, 0) is 16.6 Å². The van der Waals surface area contributed by atoms with Gasteiger partial charge in [0.25, 0.3) is 0 Å². The first-order valence-electron chi connectivity index (χ1n) is 9.21. The maximum absolute atomic E-state index is 12.6. The fraction of sp³-hybridized carbons (Fsp3) is 0.400. The molecule has 1 aliphatic carbocycles. The van der Waals surface area contributed by atoms with Gasteiger partial charge in [0, 0.05) is 37.7 Å². The molecule has 0 spiro atoms. The van der Waals surface area contributed by atoms with Crippen LogP contribution in [0.25, 0.3) is 22.3 Å². The molecule has 0 bridgehead atoms. The number of pyridine rings is 2. The maximum Gasteiger partial charge on any atom is 0.228 e. The second kappa shape index (κ2) is 7.44. The Kier molecular flexibility index (Phi) is 4.85. The summed E-state index contributed by atoms with van der Waals surface area (Å²) in [5, 5.41) is 3.88. The van der Waals surface area contributed by atoms with Gasteiger partial charge in [0.15, 0.2) is 0 Å². The van der Waals surface area contributed by atoms with Gasteiger partial charge < -0.3 is 14.6 Å². The Labute approximate surface area is 157 Å². The van der Waals surface area contributed by atoms with Crippen molar-refractivity contribution in [2.75, 3.05) is 12.4 Å². The molecule has 0 aliphatic heterocycles. The average Bonchev–Trinajstić information content (AvgIpc) is 3.13. The molecule has 1 amide bonds. The molecule has 3 aromatic rings. The molecule has 3 aromatic heterocycles. The summed E-state index contributed by atoms with van der Waals surface area (Å²) in [5.74, 6) is 0.581. The summed E-state index contributed by atoms with van der Waals surface area (Å²) >= 11 is 0. The number of aromatic nitrogens is 4. The van der Waals surface area contributed by atoms with Crippen LogP contribution < -0.4 is 5.32 Å². The quantitative estimate of drug-likeness (QED) is 0.768. The number of nitrogens with one attached hydrogen (secondary N) is 1. The monoisotopic (exact) mass is 365 g/mol. The first-order valence-corrected chi connectivity index (χ1v) is 9.21. The van der Waals surface area contributed by atoms with Crippen LogP contribution in [0.15, 0.2) is 36.9 Å². The van der Waals surface area contributed by atoms with Crippen molar-refractivity contribution in [3.8, 4) is 11.4 Å². The largest absolute Gasteiger partial charge is 0.381 e. The summed E-state index contributed by atoms with van der Waals surface area (Å²) in [4.78, 5) is 25.8. The number of rotatable bonds is 4. The molecule has 0 saturated heterocycles. The molecule has 0 atom stereocenters. The van der Waals surface area contributed by atoms with Gasteiger partial charge in [0.05, 0.1) is 35.5 Å². The van der Waals surface area contributed by atoms with Crippen molar-refractivity contribution in [3.05, 3.63) is 36.9 Å². The highest BCUT2D eigenvalue weighted by Crippen LogP contribution is 2.27. The number of hydrogen-bond acceptors (Lipinski definition) is 5. The number of aryl methyl sites for hydroxylation is 1. The molecule has 7 nitrogen and oxygen atoms in total. The number of anilines is 1. The second-order valence-electron chi connectivity index (χ2n) is 7.05. The van der Waals surface area contributed by atoms with E-state index in [1.807, 2.05) is 29.8 Å². The Hall–Kier alpha value is -2.80. The fourth-order valence-corrected chi connectivity index (χ4v) is 3.62. The summed E-state index contributed by atoms with van der Waals surface area (Å²) in [6, 6.07) is 5.76. The highest BCUT2D eigenvalue weighted by Gasteiger charge is 2.26. The molecule has 27 heavy (non-hydrogen) atoms. The lowest BCUT2D eigenvalue weighted by molar-refractivity contribution is -0.121. The van der Waals surface area contributed by atoms with E-state index in [-0.39, 0.29) is 17.9 Å². The predicted octanol–water partition coefficient (Wildman–Crippen LogP) is 3.17. The van der Waals surface area contributed by atoms with E-state index in [0.29, 0.717) is 5.82 Å². The molecule has 1 N–H and O–H groups in total. The van der Waals surface area contributed by atoms with E-state index in [4.69, 9.17) is 9.72 Å². The number of nitrogens with zero attached hydrogens (tertiary/aromatic N) is 4. The molecule has 0 radical (unpaired) electrons. The van der Waals surface area contributed by atoms with Crippen molar-refractivity contribution in [1.29, 1.82) is 0 Å². The summed E-state index contributed by atoms with van der Waals surface area (Å²) in [5.41, 5.74) is 2.57. The first-order chi connectivity index (χ1) is 13.1. The number of imidazole rings is 1. The smallest absolute Gasteiger partial charge is 0.228 e. The van der Waals surface area contributed by atoms with E-state index in [1.165, 1.54) is 0 Å². The van der Waals surface area contributed by atoms with Gasteiger partial charge >= 0.3 is 0 Å². The van der Waals surface area contributed by atoms with E-state index < -0.39 is 0 Å². The lowest BCUT2D eigenvalue weighted by Gasteiger charge is -2.26. The van der Waals surface area contributed by atoms with Gasteiger partial charge in [-0.15, -0.1) is 0 Å². The third kappa shape index (κ3) is 3.68. The topological polar surface area (TPSA) is 81.9 Å². The Balaban J connectivity index is 1.52. The maximum atomic E-state index is 12.6. The van der Waals surface area contributed by atoms with Crippen molar-refractivity contribution in [1.82, 2.24) is 19.5 Å². The van der Waals surface area contributed by atoms with Crippen molar-refractivity contribution in [2.45, 2.75) is 31.8 Å². The highest BCUT2D eigenvalue weighted by atomic mass is 16.5. The van der Waals surface area contributed by atoms with E-state index in [2.05, 4.69) is 15.3 Å². The van der Waals surface area contributed by atoms with Gasteiger partial charge in [-0.1, -0.05) is 0 Å². The van der Waals surface area contributed by atoms with Crippen molar-refractivity contribution >= 4 is 22.6 Å². The molecule has 1 saturated carbocycles. The summed E-state index contributed by atoms with van der Waals surface area (Å²) in [6.07, 6.45) is 9.10. The lowest BCUT2D eigenvalue weighted by Crippen LogP contribution is -2.29. The lowest BCUT2D eigenvalue weighted by atomic mass is 9.87. The zero-order chi connectivity index (χ0) is 18.8. The van der Waals surface area contributed by atoms with Gasteiger partial charge in [-0.05, 0) is 37.8 Å². The van der Waals surface area contributed by atoms with Crippen LogP contribution in [0.4, 0.5) is 5.82 Å². The standard InChI is InChI=1S/C20H23N5O2/c1-25-12-21-11-18(25)16-8-5-14-10-22-19(9-17(14)23-16)24-20(26)13-3-6-15(27-2)7-4-13/h5,8-13,15H,3-4,6-7H2,1-2H3,(H,22,24,26). The minimum Gasteiger partial charge on any atom is -0.381 e. The number of fused-ring (bicyclic) bond motifs is 1. The molecule has 0 unspecified atom stereocenters. The zero-order valence-electron chi connectivity index (χ0n) is 15.6. The Bertz CT molecular complexity index is 960. The van der Waals surface area contributed by atoms with Crippen LogP contribution in [0.5, 0.6) is 0 Å². The summed E-state index contributed by atoms with van der Waals surface area (Å²) in [7, 11) is 3.67. The highest BCUT2D eigenvalue weighted by molar-refractivity contribution is 5.93. The van der Waals surface area contributed by atoms with E-state index >= 15 is 0 Å². The van der Waals surface area contributed by atoms with E-state index in [9.17, 15) is 4.79 Å². The van der Waals surface area contributed by atoms with Crippen LogP contribution in [0.3, 0.4) is 0 Å². The van der Waals surface area contributed by atoms with Gasteiger partial charge in [-0.2, -0.15) is 0 Å². The molecule has 1 fully saturated rings. The van der Waals surface area contributed by atoms with Crippen LogP contribution >= 0.6 is 0 Å². The van der Waals surface area contributed by atoms with Crippen LogP contribution in [-0.4, -0.2) is 38.6 Å². The molecular formula is C20H23N5O2. The first kappa shape index (κ1) is 17.6. The van der Waals surface area contributed by atoms with Gasteiger partial charge in [-0.25, -0.2) is 15.0 Å². The van der Waals surface area contributed by atoms with E-state index in [0.717, 1.165) is 48.0 Å². The third-order valence-corrected chi connectivity index (χ3v) is 5.28. The van der Waals surface area contributed by atoms with Crippen molar-refractivity contribution in [2.24, 2.45) is 13.0 Å². The second-order valence-corrected chi connectivity index (χ2v) is 7.05. The van der Waals surface area contributed by atoms with Gasteiger partial charge in [0.1, 0.15) is 5.82 Å². The molecule has 140 valence electrons. The van der Waals surface area contributed by atoms with Crippen molar-refractivity contribution in [3.63, 3.8) is 0 Å². The molecule has 3 heterocycles. The van der Waals surface area contributed by atoms with Crippen LogP contribution in [0, 0.1) is 5.92 Å². The van der Waals surface area contributed by atoms with Crippen LogP contribution in [0.2, 0.25) is 0 Å². The number of carbonyl (C=O) groups is 1. The Morgan fingerprint density at radius 3 is 2.74 bits per heavy atom. The number of ether oxygens (including phenoxy) is 1. The number of methoxy groups -OCH3 is 1. The Morgan fingerprint density at radius 2 is 2.04 bits per heavy atom. The minimum absolute atomic E-state index is 0.0163. The van der Waals surface area contributed by atoms with Gasteiger partial charge in [-0.3, -0.25) is 4.79 Å².